The molecule has 5 heteroatoms. The lowest BCUT2D eigenvalue weighted by atomic mass is 10.2. The molecule has 0 saturated carbocycles. The standard InChI is InChI=1S/C14H11NO4/c1-10-5-4-6-11(9-10)19-14(16)12-7-2-3-8-13(12)15(17)18/h2-9H,1H3. The monoisotopic (exact) mass is 257 g/mol. The van der Waals surface area contributed by atoms with Gasteiger partial charge >= 0.3 is 5.97 Å². The van der Waals surface area contributed by atoms with Gasteiger partial charge in [-0.3, -0.25) is 10.1 Å². The van der Waals surface area contributed by atoms with Gasteiger partial charge in [0.2, 0.25) is 0 Å². The first-order valence-corrected chi connectivity index (χ1v) is 5.60. The smallest absolute Gasteiger partial charge is 0.350 e. The molecule has 0 N–H and O–H groups in total. The Kier molecular flexibility index (Phi) is 3.56. The Morgan fingerprint density at radius 2 is 1.89 bits per heavy atom. The maximum absolute atomic E-state index is 11.9. The van der Waals surface area contributed by atoms with Crippen molar-refractivity contribution in [3.8, 4) is 5.75 Å². The number of nitro groups is 1. The number of esters is 1. The van der Waals surface area contributed by atoms with Crippen LogP contribution in [0.3, 0.4) is 0 Å². The van der Waals surface area contributed by atoms with E-state index in [2.05, 4.69) is 0 Å². The van der Waals surface area contributed by atoms with Crippen molar-refractivity contribution in [1.82, 2.24) is 0 Å². The van der Waals surface area contributed by atoms with Crippen LogP contribution in [0, 0.1) is 17.0 Å². The molecule has 0 aliphatic rings. The van der Waals surface area contributed by atoms with E-state index >= 15 is 0 Å². The summed E-state index contributed by atoms with van der Waals surface area (Å²) in [5, 5.41) is 10.8. The minimum Gasteiger partial charge on any atom is -0.423 e. The second-order valence-electron chi connectivity index (χ2n) is 3.98. The van der Waals surface area contributed by atoms with Crippen LogP contribution in [-0.2, 0) is 0 Å². The Balaban J connectivity index is 2.28. The van der Waals surface area contributed by atoms with Crippen molar-refractivity contribution in [3.63, 3.8) is 0 Å². The Bertz CT molecular complexity index is 637. The average Bonchev–Trinajstić information content (AvgIpc) is 2.38. The summed E-state index contributed by atoms with van der Waals surface area (Å²) in [6, 6.07) is 12.6. The SMILES string of the molecule is Cc1cccc(OC(=O)c2ccccc2[N+](=O)[O-])c1. The number of nitro benzene ring substituents is 1. The number of rotatable bonds is 3. The molecule has 0 radical (unpaired) electrons. The maximum Gasteiger partial charge on any atom is 0.350 e. The van der Waals surface area contributed by atoms with Crippen molar-refractivity contribution >= 4 is 11.7 Å². The molecule has 96 valence electrons. The Morgan fingerprint density at radius 3 is 2.58 bits per heavy atom. The molecule has 0 aliphatic heterocycles. The van der Waals surface area contributed by atoms with Crippen LogP contribution in [0.1, 0.15) is 15.9 Å². The van der Waals surface area contributed by atoms with Crippen molar-refractivity contribution in [3.05, 3.63) is 69.8 Å². The van der Waals surface area contributed by atoms with Crippen LogP contribution in [0.2, 0.25) is 0 Å². The second kappa shape index (κ2) is 5.30. The molecule has 0 spiro atoms. The van der Waals surface area contributed by atoms with Gasteiger partial charge in [-0.1, -0.05) is 24.3 Å². The first kappa shape index (κ1) is 12.8. The van der Waals surface area contributed by atoms with Crippen molar-refractivity contribution < 1.29 is 14.5 Å². The van der Waals surface area contributed by atoms with Crippen LogP contribution in [0.25, 0.3) is 0 Å². The third-order valence-electron chi connectivity index (χ3n) is 2.52. The molecule has 2 aromatic rings. The number of carbonyl (C=O) groups is 1. The number of aryl methyl sites for hydroxylation is 1. The predicted octanol–water partition coefficient (Wildman–Crippen LogP) is 3.12. The van der Waals surface area contributed by atoms with Crippen molar-refractivity contribution in [2.75, 3.05) is 0 Å². The third kappa shape index (κ3) is 2.95. The fourth-order valence-electron chi connectivity index (χ4n) is 1.65. The van der Waals surface area contributed by atoms with E-state index in [1.54, 1.807) is 24.3 Å². The molecule has 0 bridgehead atoms. The highest BCUT2D eigenvalue weighted by Crippen LogP contribution is 2.20. The second-order valence-corrected chi connectivity index (χ2v) is 3.98. The molecule has 0 saturated heterocycles. The Labute approximate surface area is 109 Å². The summed E-state index contributed by atoms with van der Waals surface area (Å²) in [4.78, 5) is 22.2. The van der Waals surface area contributed by atoms with Crippen molar-refractivity contribution in [2.45, 2.75) is 6.92 Å². The molecule has 0 unspecified atom stereocenters. The number of hydrogen-bond donors (Lipinski definition) is 0. The summed E-state index contributed by atoms with van der Waals surface area (Å²) >= 11 is 0. The van der Waals surface area contributed by atoms with Crippen LogP contribution >= 0.6 is 0 Å². The fraction of sp³-hybridized carbons (Fsp3) is 0.0714. The molecular weight excluding hydrogens is 246 g/mol. The van der Waals surface area contributed by atoms with Crippen LogP contribution in [0.15, 0.2) is 48.5 Å². The molecule has 2 rings (SSSR count). The van der Waals surface area contributed by atoms with Crippen LogP contribution in [-0.4, -0.2) is 10.9 Å². The highest BCUT2D eigenvalue weighted by atomic mass is 16.6. The molecular formula is C14H11NO4. The third-order valence-corrected chi connectivity index (χ3v) is 2.52. The van der Waals surface area contributed by atoms with E-state index in [4.69, 9.17) is 4.74 Å². The van der Waals surface area contributed by atoms with Gasteiger partial charge in [-0.2, -0.15) is 0 Å². The molecule has 0 heterocycles. The molecule has 19 heavy (non-hydrogen) atoms. The van der Waals surface area contributed by atoms with Crippen LogP contribution < -0.4 is 4.74 Å². The molecule has 0 fully saturated rings. The molecule has 0 aliphatic carbocycles. The van der Waals surface area contributed by atoms with Gasteiger partial charge in [0.1, 0.15) is 11.3 Å². The maximum atomic E-state index is 11.9. The zero-order valence-electron chi connectivity index (χ0n) is 10.2. The van der Waals surface area contributed by atoms with Gasteiger partial charge in [0.05, 0.1) is 4.92 Å². The van der Waals surface area contributed by atoms with E-state index in [1.165, 1.54) is 18.2 Å². The predicted molar refractivity (Wildman–Crippen MR) is 69.2 cm³/mol. The average molecular weight is 257 g/mol. The topological polar surface area (TPSA) is 69.4 Å². The van der Waals surface area contributed by atoms with Gasteiger partial charge < -0.3 is 4.74 Å². The molecule has 0 aromatic heterocycles. The van der Waals surface area contributed by atoms with Crippen LogP contribution in [0.5, 0.6) is 5.75 Å². The number of carbonyl (C=O) groups excluding carboxylic acids is 1. The number of nitrogens with zero attached hydrogens (tertiary/aromatic N) is 1. The Morgan fingerprint density at radius 1 is 1.16 bits per heavy atom. The molecule has 5 nitrogen and oxygen atoms in total. The van der Waals surface area contributed by atoms with Gasteiger partial charge in [-0.05, 0) is 30.7 Å². The number of ether oxygens (including phenoxy) is 1. The van der Waals surface area contributed by atoms with Gasteiger partial charge in [-0.25, -0.2) is 4.79 Å². The summed E-state index contributed by atoms with van der Waals surface area (Å²) in [6.07, 6.45) is 0. The van der Waals surface area contributed by atoms with E-state index in [9.17, 15) is 14.9 Å². The molecule has 2 aromatic carbocycles. The summed E-state index contributed by atoms with van der Waals surface area (Å²) in [5.74, 6) is -0.374. The Hall–Kier alpha value is -2.69. The van der Waals surface area contributed by atoms with E-state index < -0.39 is 10.9 Å². The molecule has 0 amide bonds. The fourth-order valence-corrected chi connectivity index (χ4v) is 1.65. The minimum absolute atomic E-state index is 0.0611. The lowest BCUT2D eigenvalue weighted by molar-refractivity contribution is -0.385. The van der Waals surface area contributed by atoms with E-state index in [0.29, 0.717) is 5.75 Å². The first-order chi connectivity index (χ1) is 9.08. The highest BCUT2D eigenvalue weighted by molar-refractivity contribution is 5.95. The summed E-state index contributed by atoms with van der Waals surface area (Å²) in [6.45, 7) is 1.86. The largest absolute Gasteiger partial charge is 0.423 e. The minimum atomic E-state index is -0.738. The van der Waals surface area contributed by atoms with Gasteiger partial charge in [0, 0.05) is 6.07 Å². The van der Waals surface area contributed by atoms with Crippen molar-refractivity contribution in [1.29, 1.82) is 0 Å². The van der Waals surface area contributed by atoms with E-state index in [-0.39, 0.29) is 11.3 Å². The number of hydrogen-bond acceptors (Lipinski definition) is 4. The molecule has 0 atom stereocenters. The quantitative estimate of drug-likeness (QED) is 0.366. The summed E-state index contributed by atoms with van der Waals surface area (Å²) < 4.78 is 5.13. The van der Waals surface area contributed by atoms with Crippen LogP contribution in [0.4, 0.5) is 5.69 Å². The van der Waals surface area contributed by atoms with Crippen molar-refractivity contribution in [2.24, 2.45) is 0 Å². The van der Waals surface area contributed by atoms with Gasteiger partial charge in [0.25, 0.3) is 5.69 Å². The lowest BCUT2D eigenvalue weighted by Gasteiger charge is -2.05. The zero-order valence-corrected chi connectivity index (χ0v) is 10.2. The normalized spacial score (nSPS) is 9.95. The van der Waals surface area contributed by atoms with E-state index in [0.717, 1.165) is 5.56 Å². The summed E-state index contributed by atoms with van der Waals surface area (Å²) in [7, 11) is 0. The lowest BCUT2D eigenvalue weighted by Crippen LogP contribution is -2.11. The zero-order chi connectivity index (χ0) is 13.8. The summed E-state index contributed by atoms with van der Waals surface area (Å²) in [5.41, 5.74) is 0.613. The van der Waals surface area contributed by atoms with Gasteiger partial charge in [-0.15, -0.1) is 0 Å². The van der Waals surface area contributed by atoms with Gasteiger partial charge in [0.15, 0.2) is 0 Å². The first-order valence-electron chi connectivity index (χ1n) is 5.60. The van der Waals surface area contributed by atoms with E-state index in [1.807, 2.05) is 13.0 Å². The number of para-hydroxylation sites is 1. The number of benzene rings is 2. The highest BCUT2D eigenvalue weighted by Gasteiger charge is 2.20.